The van der Waals surface area contributed by atoms with Crippen molar-refractivity contribution < 1.29 is 8.42 Å². The molecule has 0 amide bonds. The van der Waals surface area contributed by atoms with Crippen molar-refractivity contribution in [2.45, 2.75) is 55.6 Å². The number of rotatable bonds is 6. The summed E-state index contributed by atoms with van der Waals surface area (Å²) in [6.45, 7) is 1.94. The van der Waals surface area contributed by atoms with Gasteiger partial charge in [0, 0.05) is 47.7 Å². The van der Waals surface area contributed by atoms with E-state index < -0.39 is 10.0 Å². The van der Waals surface area contributed by atoms with Crippen molar-refractivity contribution in [1.82, 2.24) is 29.5 Å². The minimum Gasteiger partial charge on any atom is -0.351 e. The molecule has 35 heavy (non-hydrogen) atoms. The lowest BCUT2D eigenvalue weighted by Gasteiger charge is -2.38. The Hall–Kier alpha value is -3.57. The highest BCUT2D eigenvalue weighted by atomic mass is 32.2. The Morgan fingerprint density at radius 3 is 2.57 bits per heavy atom. The fourth-order valence-electron chi connectivity index (χ4n) is 5.29. The van der Waals surface area contributed by atoms with Gasteiger partial charge in [0.1, 0.15) is 10.7 Å². The van der Waals surface area contributed by atoms with Crippen molar-refractivity contribution in [3.05, 3.63) is 60.6 Å². The number of hydrogen-bond donors (Lipinski definition) is 3. The smallest absolute Gasteiger partial charge is 0.245 e. The summed E-state index contributed by atoms with van der Waals surface area (Å²) >= 11 is 0. The number of H-pyrrole nitrogens is 1. The number of benzene rings is 1. The second-order valence-electron chi connectivity index (χ2n) is 9.20. The van der Waals surface area contributed by atoms with Gasteiger partial charge in [0.25, 0.3) is 0 Å². The molecule has 3 atom stereocenters. The number of para-hydroxylation sites is 1. The van der Waals surface area contributed by atoms with Crippen molar-refractivity contribution in [1.29, 1.82) is 0 Å². The summed E-state index contributed by atoms with van der Waals surface area (Å²) in [5, 5.41) is 14.9. The van der Waals surface area contributed by atoms with Crippen molar-refractivity contribution in [2.75, 3.05) is 10.6 Å². The number of fused-ring (bicyclic) bond motifs is 3. The van der Waals surface area contributed by atoms with Crippen LogP contribution in [-0.2, 0) is 10.0 Å². The molecule has 0 radical (unpaired) electrons. The zero-order valence-electron chi connectivity index (χ0n) is 19.2. The van der Waals surface area contributed by atoms with Gasteiger partial charge >= 0.3 is 0 Å². The maximum atomic E-state index is 13.3. The van der Waals surface area contributed by atoms with Gasteiger partial charge in [-0.3, -0.25) is 10.1 Å². The van der Waals surface area contributed by atoms with Gasteiger partial charge in [-0.1, -0.05) is 12.1 Å². The number of nitrogens with zero attached hydrogens (tertiary/aromatic N) is 5. The van der Waals surface area contributed by atoms with E-state index >= 15 is 0 Å². The summed E-state index contributed by atoms with van der Waals surface area (Å²) in [7, 11) is -3.57. The SMILES string of the molecule is Cc1cc(Nc2nc(N[C@@H]3C[C@H]4CC[C@@H](C3)N4S(=O)(=O)c3cccnc3)nc3ccccc23)n[nH]1. The van der Waals surface area contributed by atoms with Crippen LogP contribution in [0.3, 0.4) is 0 Å². The fraction of sp³-hybridized carbons (Fsp3) is 0.333. The van der Waals surface area contributed by atoms with E-state index in [4.69, 9.17) is 9.97 Å². The molecule has 2 saturated heterocycles. The molecule has 11 heteroatoms. The van der Waals surface area contributed by atoms with Crippen LogP contribution in [0.15, 0.2) is 59.8 Å². The first-order valence-corrected chi connectivity index (χ1v) is 13.2. The Labute approximate surface area is 203 Å². The highest BCUT2D eigenvalue weighted by molar-refractivity contribution is 7.89. The molecule has 0 aliphatic carbocycles. The van der Waals surface area contributed by atoms with Crippen LogP contribution in [0.5, 0.6) is 0 Å². The maximum Gasteiger partial charge on any atom is 0.245 e. The second kappa shape index (κ2) is 8.58. The van der Waals surface area contributed by atoms with E-state index in [0.717, 1.165) is 29.4 Å². The van der Waals surface area contributed by atoms with Crippen LogP contribution in [0.2, 0.25) is 0 Å². The molecule has 1 aromatic carbocycles. The Bertz CT molecular complexity index is 1460. The zero-order chi connectivity index (χ0) is 24.0. The number of aromatic amines is 1. The molecule has 6 rings (SSSR count). The predicted molar refractivity (Wildman–Crippen MR) is 133 cm³/mol. The van der Waals surface area contributed by atoms with E-state index in [2.05, 4.69) is 25.8 Å². The summed E-state index contributed by atoms with van der Waals surface area (Å²) in [6.07, 6.45) is 6.13. The normalized spacial score (nSPS) is 22.4. The summed E-state index contributed by atoms with van der Waals surface area (Å²) < 4.78 is 28.3. The first-order chi connectivity index (χ1) is 17.0. The summed E-state index contributed by atoms with van der Waals surface area (Å²) in [5.41, 5.74) is 1.77. The molecule has 10 nitrogen and oxygen atoms in total. The largest absolute Gasteiger partial charge is 0.351 e. The number of sulfonamides is 1. The number of hydrogen-bond acceptors (Lipinski definition) is 8. The lowest BCUT2D eigenvalue weighted by Crippen LogP contribution is -2.49. The van der Waals surface area contributed by atoms with Crippen molar-refractivity contribution in [3.8, 4) is 0 Å². The lowest BCUT2D eigenvalue weighted by molar-refractivity contribution is 0.234. The minimum absolute atomic E-state index is 0.0541. The van der Waals surface area contributed by atoms with Crippen LogP contribution in [0, 0.1) is 6.92 Å². The third kappa shape index (κ3) is 4.10. The number of piperidine rings is 1. The quantitative estimate of drug-likeness (QED) is 0.374. The Morgan fingerprint density at radius 1 is 1.06 bits per heavy atom. The average Bonchev–Trinajstić information content (AvgIpc) is 3.39. The van der Waals surface area contributed by atoms with Gasteiger partial charge in [-0.15, -0.1) is 0 Å². The minimum atomic E-state index is -3.57. The number of anilines is 3. The Morgan fingerprint density at radius 2 is 1.86 bits per heavy atom. The lowest BCUT2D eigenvalue weighted by atomic mass is 10.00. The first kappa shape index (κ1) is 21.9. The zero-order valence-corrected chi connectivity index (χ0v) is 20.0. The molecule has 3 aromatic heterocycles. The molecule has 2 bridgehead atoms. The second-order valence-corrected chi connectivity index (χ2v) is 11.0. The molecule has 180 valence electrons. The van der Waals surface area contributed by atoms with Crippen LogP contribution in [-0.4, -0.2) is 56.0 Å². The number of aromatic nitrogens is 5. The van der Waals surface area contributed by atoms with Gasteiger partial charge in [-0.25, -0.2) is 13.4 Å². The Balaban J connectivity index is 1.25. The fourth-order valence-corrected chi connectivity index (χ4v) is 7.14. The molecule has 0 saturated carbocycles. The highest BCUT2D eigenvalue weighted by Crippen LogP contribution is 2.40. The summed E-state index contributed by atoms with van der Waals surface area (Å²) in [5.74, 6) is 1.87. The van der Waals surface area contributed by atoms with Crippen LogP contribution < -0.4 is 10.6 Å². The molecule has 3 N–H and O–H groups in total. The van der Waals surface area contributed by atoms with Gasteiger partial charge in [0.15, 0.2) is 5.82 Å². The summed E-state index contributed by atoms with van der Waals surface area (Å²) in [6, 6.07) is 13.0. The van der Waals surface area contributed by atoms with E-state index in [1.165, 1.54) is 6.20 Å². The third-order valence-electron chi connectivity index (χ3n) is 6.76. The summed E-state index contributed by atoms with van der Waals surface area (Å²) in [4.78, 5) is 13.7. The van der Waals surface area contributed by atoms with Gasteiger partial charge < -0.3 is 10.6 Å². The van der Waals surface area contributed by atoms with E-state index in [1.54, 1.807) is 22.6 Å². The van der Waals surface area contributed by atoms with Crippen molar-refractivity contribution >= 4 is 38.5 Å². The van der Waals surface area contributed by atoms with Gasteiger partial charge in [0.05, 0.1) is 5.52 Å². The van der Waals surface area contributed by atoms with Crippen LogP contribution in [0.4, 0.5) is 17.6 Å². The van der Waals surface area contributed by atoms with Crippen LogP contribution >= 0.6 is 0 Å². The number of pyridine rings is 1. The maximum absolute atomic E-state index is 13.3. The molecule has 2 aliphatic rings. The molecule has 5 heterocycles. The van der Waals surface area contributed by atoms with Gasteiger partial charge in [-0.2, -0.15) is 14.4 Å². The van der Waals surface area contributed by atoms with E-state index in [1.807, 2.05) is 37.3 Å². The monoisotopic (exact) mass is 490 g/mol. The predicted octanol–water partition coefficient (Wildman–Crippen LogP) is 3.60. The number of aryl methyl sites for hydroxylation is 1. The molecule has 0 unspecified atom stereocenters. The molecule has 0 spiro atoms. The molecule has 4 aromatic rings. The molecule has 2 aliphatic heterocycles. The highest BCUT2D eigenvalue weighted by Gasteiger charge is 2.47. The standard InChI is InChI=1S/C24H26N8O2S/c1-15-11-22(31-30-15)28-23-20-6-2-3-7-21(20)27-24(29-23)26-16-12-17-8-9-18(13-16)32(17)35(33,34)19-5-4-10-25-14-19/h2-7,10-11,14,16-18H,8-9,12-13H2,1H3,(H3,26,27,28,29,30,31)/t16-,17-,18+. The third-order valence-corrected chi connectivity index (χ3v) is 8.75. The molecular weight excluding hydrogens is 464 g/mol. The topological polar surface area (TPSA) is 129 Å². The van der Waals surface area contributed by atoms with E-state index in [0.29, 0.717) is 30.4 Å². The molecular formula is C24H26N8O2S. The van der Waals surface area contributed by atoms with Crippen molar-refractivity contribution in [3.63, 3.8) is 0 Å². The average molecular weight is 491 g/mol. The van der Waals surface area contributed by atoms with E-state index in [-0.39, 0.29) is 23.0 Å². The Kier molecular flexibility index (Phi) is 5.37. The van der Waals surface area contributed by atoms with Crippen LogP contribution in [0.1, 0.15) is 31.4 Å². The number of nitrogens with one attached hydrogen (secondary N) is 3. The molecule has 2 fully saturated rings. The van der Waals surface area contributed by atoms with Gasteiger partial charge in [-0.05, 0) is 56.9 Å². The van der Waals surface area contributed by atoms with E-state index in [9.17, 15) is 8.42 Å². The first-order valence-electron chi connectivity index (χ1n) is 11.7. The van der Waals surface area contributed by atoms with Crippen LogP contribution in [0.25, 0.3) is 10.9 Å². The van der Waals surface area contributed by atoms with Gasteiger partial charge in [0.2, 0.25) is 16.0 Å². The van der Waals surface area contributed by atoms with Crippen molar-refractivity contribution in [2.24, 2.45) is 0 Å².